The second-order valence-electron chi connectivity index (χ2n) is 9.05. The molecule has 0 aromatic heterocycles. The molecule has 0 spiro atoms. The Morgan fingerprint density at radius 1 is 0.744 bits per heavy atom. The van der Waals surface area contributed by atoms with Gasteiger partial charge in [-0.05, 0) is 34.5 Å². The third-order valence-electron chi connectivity index (χ3n) is 6.72. The van der Waals surface area contributed by atoms with E-state index < -0.39 is 60.1 Å². The van der Waals surface area contributed by atoms with Gasteiger partial charge in [-0.25, -0.2) is 0 Å². The van der Waals surface area contributed by atoms with E-state index in [1.807, 2.05) is 0 Å². The zero-order valence-electron chi connectivity index (χ0n) is 21.6. The number of hydrogen-bond donors (Lipinski definition) is 2. The van der Waals surface area contributed by atoms with Crippen molar-refractivity contribution in [3.05, 3.63) is 77.9 Å². The molecule has 0 amide bonds. The van der Waals surface area contributed by atoms with Gasteiger partial charge in [0.2, 0.25) is 5.41 Å². The highest BCUT2D eigenvalue weighted by Crippen LogP contribution is 2.47. The van der Waals surface area contributed by atoms with Crippen LogP contribution in [0.15, 0.2) is 66.7 Å². The highest BCUT2D eigenvalue weighted by Gasteiger charge is 2.65. The monoisotopic (exact) mass is 536 g/mol. The van der Waals surface area contributed by atoms with Crippen LogP contribution in [0.1, 0.15) is 36.2 Å². The Kier molecular flexibility index (Phi) is 8.70. The number of hydrogen-bond acceptors (Lipinski definition) is 8. The lowest BCUT2D eigenvalue weighted by Gasteiger charge is -2.44. The summed E-state index contributed by atoms with van der Waals surface area (Å²) >= 11 is 0. The number of carbonyl (C=O) groups is 5. The number of carboxylic acids is 2. The van der Waals surface area contributed by atoms with Crippen LogP contribution < -0.4 is 4.74 Å². The molecule has 0 saturated carbocycles. The Balaban J connectivity index is 2.27. The summed E-state index contributed by atoms with van der Waals surface area (Å²) in [6, 6.07) is 17.6. The van der Waals surface area contributed by atoms with Gasteiger partial charge in [-0.3, -0.25) is 24.0 Å². The lowest BCUT2D eigenvalue weighted by molar-refractivity contribution is -0.183. The minimum Gasteiger partial charge on any atom is -0.497 e. The number of rotatable bonds is 12. The number of carbonyl (C=O) groups excluding carboxylic acids is 3. The molecule has 2 N–H and O–H groups in total. The van der Waals surface area contributed by atoms with Crippen molar-refractivity contribution in [3.63, 3.8) is 0 Å². The van der Waals surface area contributed by atoms with Crippen molar-refractivity contribution in [1.29, 1.82) is 0 Å². The average molecular weight is 537 g/mol. The molecule has 0 fully saturated rings. The van der Waals surface area contributed by atoms with Crippen LogP contribution in [-0.4, -0.2) is 60.2 Å². The van der Waals surface area contributed by atoms with Gasteiger partial charge < -0.3 is 24.4 Å². The first-order valence-electron chi connectivity index (χ1n) is 11.9. The van der Waals surface area contributed by atoms with Gasteiger partial charge in [-0.15, -0.1) is 0 Å². The molecule has 0 aliphatic heterocycles. The largest absolute Gasteiger partial charge is 0.497 e. The molecule has 204 valence electrons. The molecule has 1 unspecified atom stereocenters. The first-order chi connectivity index (χ1) is 18.5. The topological polar surface area (TPSA) is 154 Å². The molecule has 0 bridgehead atoms. The number of carboxylic acid groups (broad SMARTS) is 2. The van der Waals surface area contributed by atoms with Gasteiger partial charge >= 0.3 is 23.9 Å². The number of ether oxygens (including phenoxy) is 3. The van der Waals surface area contributed by atoms with Gasteiger partial charge in [0.1, 0.15) is 19.0 Å². The summed E-state index contributed by atoms with van der Waals surface area (Å²) in [5.74, 6) is -5.48. The summed E-state index contributed by atoms with van der Waals surface area (Å²) in [5.41, 5.74) is -4.82. The zero-order valence-corrected chi connectivity index (χ0v) is 21.6. The number of fused-ring (bicyclic) bond motifs is 1. The molecule has 10 nitrogen and oxygen atoms in total. The van der Waals surface area contributed by atoms with E-state index in [-0.39, 0.29) is 11.1 Å². The van der Waals surface area contributed by atoms with E-state index in [0.717, 1.165) is 19.2 Å². The molecule has 3 rings (SSSR count). The molecular weight excluding hydrogens is 508 g/mol. The molecular formula is C29H28O10. The van der Waals surface area contributed by atoms with E-state index in [9.17, 15) is 34.2 Å². The van der Waals surface area contributed by atoms with E-state index in [4.69, 9.17) is 14.2 Å². The second-order valence-corrected chi connectivity index (χ2v) is 9.05. The number of methoxy groups -OCH3 is 1. The van der Waals surface area contributed by atoms with Crippen molar-refractivity contribution in [2.75, 3.05) is 20.3 Å². The highest BCUT2D eigenvalue weighted by molar-refractivity contribution is 6.05. The molecule has 3 aromatic rings. The summed E-state index contributed by atoms with van der Waals surface area (Å²) in [6.45, 7) is 0.168. The predicted octanol–water partition coefficient (Wildman–Crippen LogP) is 3.64. The predicted molar refractivity (Wildman–Crippen MR) is 139 cm³/mol. The van der Waals surface area contributed by atoms with E-state index in [2.05, 4.69) is 0 Å². The molecule has 0 saturated heterocycles. The first-order valence-corrected chi connectivity index (χ1v) is 11.9. The standard InChI is InChI=1S/C29H28O10/c1-18(30)38-16-28(23-7-5-4-6-8-23,29(26(33)34,27(35)36)17-39-19(2)31)15-25(32)22-10-9-21-14-24(37-3)12-11-20(21)13-22/h4-14H,15-17H2,1-3H3,(H,33,34)(H,35,36). The van der Waals surface area contributed by atoms with Gasteiger partial charge in [-0.1, -0.05) is 48.5 Å². The van der Waals surface area contributed by atoms with Crippen LogP contribution in [0.4, 0.5) is 0 Å². The molecule has 0 radical (unpaired) electrons. The van der Waals surface area contributed by atoms with E-state index in [1.54, 1.807) is 36.4 Å². The summed E-state index contributed by atoms with van der Waals surface area (Å²) in [4.78, 5) is 63.2. The fourth-order valence-electron chi connectivity index (χ4n) is 4.61. The fraction of sp³-hybridized carbons (Fsp3) is 0.276. The van der Waals surface area contributed by atoms with Crippen molar-refractivity contribution in [2.24, 2.45) is 5.41 Å². The second kappa shape index (κ2) is 11.8. The molecule has 0 heterocycles. The van der Waals surface area contributed by atoms with Crippen LogP contribution in [-0.2, 0) is 34.1 Å². The van der Waals surface area contributed by atoms with Crippen molar-refractivity contribution in [3.8, 4) is 5.75 Å². The van der Waals surface area contributed by atoms with Crippen LogP contribution in [0.3, 0.4) is 0 Å². The smallest absolute Gasteiger partial charge is 0.325 e. The van der Waals surface area contributed by atoms with Gasteiger partial charge in [0, 0.05) is 25.8 Å². The third kappa shape index (κ3) is 5.74. The van der Waals surface area contributed by atoms with Crippen molar-refractivity contribution >= 4 is 40.4 Å². The highest BCUT2D eigenvalue weighted by atomic mass is 16.5. The maximum atomic E-state index is 13.8. The minimum absolute atomic E-state index is 0.0991. The molecule has 10 heteroatoms. The van der Waals surface area contributed by atoms with Crippen molar-refractivity contribution in [1.82, 2.24) is 0 Å². The molecule has 0 aliphatic carbocycles. The van der Waals surface area contributed by atoms with Gasteiger partial charge in [0.25, 0.3) is 0 Å². The van der Waals surface area contributed by atoms with Crippen LogP contribution in [0.25, 0.3) is 10.8 Å². The molecule has 0 aliphatic rings. The van der Waals surface area contributed by atoms with Gasteiger partial charge in [0.05, 0.1) is 12.5 Å². The average Bonchev–Trinajstić information content (AvgIpc) is 2.90. The number of esters is 2. The Labute approximate surface area is 224 Å². The summed E-state index contributed by atoms with van der Waals surface area (Å²) in [6.07, 6.45) is -0.703. The van der Waals surface area contributed by atoms with E-state index >= 15 is 0 Å². The zero-order chi connectivity index (χ0) is 28.8. The van der Waals surface area contributed by atoms with Gasteiger partial charge in [-0.2, -0.15) is 0 Å². The van der Waals surface area contributed by atoms with E-state index in [0.29, 0.717) is 11.1 Å². The fourth-order valence-corrected chi connectivity index (χ4v) is 4.61. The third-order valence-corrected chi connectivity index (χ3v) is 6.72. The van der Waals surface area contributed by atoms with Crippen LogP contribution in [0.5, 0.6) is 5.75 Å². The van der Waals surface area contributed by atoms with E-state index in [1.165, 1.54) is 37.4 Å². The quantitative estimate of drug-likeness (QED) is 0.199. The summed E-state index contributed by atoms with van der Waals surface area (Å²) in [7, 11) is 1.53. The lowest BCUT2D eigenvalue weighted by atomic mass is 9.57. The Morgan fingerprint density at radius 2 is 1.31 bits per heavy atom. The Hall–Kier alpha value is -4.73. The number of benzene rings is 3. The maximum absolute atomic E-state index is 13.8. The Bertz CT molecular complexity index is 1400. The normalized spacial score (nSPS) is 12.7. The van der Waals surface area contributed by atoms with Crippen LogP contribution >= 0.6 is 0 Å². The maximum Gasteiger partial charge on any atom is 0.325 e. The number of ketones is 1. The van der Waals surface area contributed by atoms with Crippen LogP contribution in [0, 0.1) is 5.41 Å². The first kappa shape index (κ1) is 28.8. The molecule has 39 heavy (non-hydrogen) atoms. The minimum atomic E-state index is -2.91. The Morgan fingerprint density at radius 3 is 1.87 bits per heavy atom. The lowest BCUT2D eigenvalue weighted by Crippen LogP contribution is -2.62. The van der Waals surface area contributed by atoms with Crippen molar-refractivity contribution < 1.29 is 48.4 Å². The summed E-state index contributed by atoms with van der Waals surface area (Å²) < 4.78 is 15.4. The van der Waals surface area contributed by atoms with Crippen LogP contribution in [0.2, 0.25) is 0 Å². The number of Topliss-reactive ketones (excluding diaryl/α,β-unsaturated/α-hetero) is 1. The van der Waals surface area contributed by atoms with Crippen molar-refractivity contribution in [2.45, 2.75) is 25.7 Å². The summed E-state index contributed by atoms with van der Waals surface area (Å²) in [5, 5.41) is 22.3. The molecule has 1 atom stereocenters. The van der Waals surface area contributed by atoms with Gasteiger partial charge in [0.15, 0.2) is 5.78 Å². The molecule has 3 aromatic carbocycles. The SMILES string of the molecule is COc1ccc2cc(C(=O)CC(COC(C)=O)(c3ccccc3)C(COC(C)=O)(C(=O)O)C(=O)O)ccc2c1. The number of aliphatic carboxylic acids is 2.